The van der Waals surface area contributed by atoms with Gasteiger partial charge in [-0.3, -0.25) is 4.31 Å². The van der Waals surface area contributed by atoms with Crippen LogP contribution in [-0.4, -0.2) is 19.7 Å². The molecule has 2 heterocycles. The van der Waals surface area contributed by atoms with Crippen molar-refractivity contribution in [3.63, 3.8) is 0 Å². The molecular formula is C18H16ClN2O3S+. The molecule has 5 nitrogen and oxygen atoms in total. The van der Waals surface area contributed by atoms with Crippen molar-refractivity contribution in [1.82, 2.24) is 0 Å². The van der Waals surface area contributed by atoms with Crippen molar-refractivity contribution in [1.29, 1.82) is 0 Å². The van der Waals surface area contributed by atoms with Gasteiger partial charge < -0.3 is 0 Å². The molecule has 2 aromatic carbocycles. The number of hydrogen-bond donors (Lipinski definition) is 0. The van der Waals surface area contributed by atoms with Crippen LogP contribution in [0.15, 0.2) is 47.5 Å². The van der Waals surface area contributed by atoms with Crippen LogP contribution in [0, 0.1) is 4.91 Å². The topological polar surface area (TPSA) is 57.5 Å². The standard InChI is InChI=1S/C18H16ClN2O3S/c1-12-10-20(22)11-14-3-2-4-17(18(12)14)25(23,24)21-8-7-13-5-6-15(19)9-16(13)21/h2-6,9-10H,7-8,11H2,1H3/q+1. The molecule has 4 rings (SSSR count). The number of halogens is 1. The van der Waals surface area contributed by atoms with E-state index in [2.05, 4.69) is 0 Å². The molecule has 0 saturated carbocycles. The van der Waals surface area contributed by atoms with Crippen molar-refractivity contribution in [3.8, 4) is 0 Å². The Morgan fingerprint density at radius 2 is 1.96 bits per heavy atom. The van der Waals surface area contributed by atoms with Gasteiger partial charge in [0, 0.05) is 37.9 Å². The summed E-state index contributed by atoms with van der Waals surface area (Å²) in [6.07, 6.45) is 2.10. The summed E-state index contributed by atoms with van der Waals surface area (Å²) in [6.45, 7) is 2.30. The minimum absolute atomic E-state index is 0.151. The third-order valence-corrected chi connectivity index (χ3v) is 6.73. The Bertz CT molecular complexity index is 1040. The van der Waals surface area contributed by atoms with Gasteiger partial charge >= 0.3 is 0 Å². The molecule has 0 unspecified atom stereocenters. The van der Waals surface area contributed by atoms with E-state index in [0.29, 0.717) is 34.8 Å². The molecule has 0 fully saturated rings. The minimum atomic E-state index is -3.75. The second-order valence-electron chi connectivity index (χ2n) is 6.28. The Hall–Kier alpha value is -2.18. The van der Waals surface area contributed by atoms with Gasteiger partial charge in [-0.05, 0) is 37.1 Å². The van der Waals surface area contributed by atoms with Crippen LogP contribution in [-0.2, 0) is 23.0 Å². The Morgan fingerprint density at radius 3 is 2.76 bits per heavy atom. The molecule has 128 valence electrons. The highest BCUT2D eigenvalue weighted by atomic mass is 35.5. The summed E-state index contributed by atoms with van der Waals surface area (Å²) in [4.78, 5) is 12.0. The smallest absolute Gasteiger partial charge is 0.264 e. The van der Waals surface area contributed by atoms with Gasteiger partial charge in [0.15, 0.2) is 0 Å². The number of nitroso groups, excluding NO2 is 1. The first-order valence-electron chi connectivity index (χ1n) is 7.93. The van der Waals surface area contributed by atoms with E-state index in [0.717, 1.165) is 15.9 Å². The number of anilines is 1. The highest BCUT2D eigenvalue weighted by Gasteiger charge is 2.35. The van der Waals surface area contributed by atoms with Crippen molar-refractivity contribution < 1.29 is 13.2 Å². The molecule has 0 saturated heterocycles. The zero-order valence-electron chi connectivity index (χ0n) is 13.6. The van der Waals surface area contributed by atoms with E-state index < -0.39 is 10.0 Å². The molecule has 7 heteroatoms. The van der Waals surface area contributed by atoms with E-state index >= 15 is 0 Å². The molecule has 0 atom stereocenters. The number of fused-ring (bicyclic) bond motifs is 2. The first-order valence-corrected chi connectivity index (χ1v) is 9.75. The molecule has 0 N–H and O–H groups in total. The highest BCUT2D eigenvalue weighted by Crippen LogP contribution is 2.38. The zero-order valence-corrected chi connectivity index (χ0v) is 15.1. The van der Waals surface area contributed by atoms with Crippen LogP contribution in [0.25, 0.3) is 5.57 Å². The van der Waals surface area contributed by atoms with Crippen molar-refractivity contribution in [2.45, 2.75) is 24.8 Å². The van der Waals surface area contributed by atoms with Gasteiger partial charge in [0.05, 0.1) is 10.6 Å². The third kappa shape index (κ3) is 2.56. The van der Waals surface area contributed by atoms with Crippen LogP contribution in [0.1, 0.15) is 23.6 Å². The lowest BCUT2D eigenvalue weighted by molar-refractivity contribution is -0.497. The van der Waals surface area contributed by atoms with Crippen LogP contribution in [0.5, 0.6) is 0 Å². The van der Waals surface area contributed by atoms with E-state index in [1.54, 1.807) is 37.3 Å². The number of benzene rings is 2. The Morgan fingerprint density at radius 1 is 1.16 bits per heavy atom. The lowest BCUT2D eigenvalue weighted by Gasteiger charge is -2.23. The first-order chi connectivity index (χ1) is 11.9. The zero-order chi connectivity index (χ0) is 17.8. The van der Waals surface area contributed by atoms with Crippen LogP contribution in [0.4, 0.5) is 5.69 Å². The van der Waals surface area contributed by atoms with Gasteiger partial charge in [-0.25, -0.2) is 8.42 Å². The fraction of sp³-hybridized carbons (Fsp3) is 0.222. The quantitative estimate of drug-likeness (QED) is 0.751. The summed E-state index contributed by atoms with van der Waals surface area (Å²) in [6, 6.07) is 10.4. The van der Waals surface area contributed by atoms with Gasteiger partial charge in [-0.1, -0.05) is 29.8 Å². The van der Waals surface area contributed by atoms with Crippen molar-refractivity contribution in [3.05, 3.63) is 69.2 Å². The molecule has 0 radical (unpaired) electrons. The van der Waals surface area contributed by atoms with Crippen molar-refractivity contribution >= 4 is 32.9 Å². The van der Waals surface area contributed by atoms with E-state index in [4.69, 9.17) is 11.6 Å². The van der Waals surface area contributed by atoms with Gasteiger partial charge in [0.2, 0.25) is 12.7 Å². The predicted octanol–water partition coefficient (Wildman–Crippen LogP) is 3.74. The molecule has 0 bridgehead atoms. The average Bonchev–Trinajstić information content (AvgIpc) is 2.97. The normalized spacial score (nSPS) is 16.5. The predicted molar refractivity (Wildman–Crippen MR) is 97.1 cm³/mol. The summed E-state index contributed by atoms with van der Waals surface area (Å²) in [5.74, 6) is 0. The Labute approximate surface area is 151 Å². The monoisotopic (exact) mass is 375 g/mol. The minimum Gasteiger partial charge on any atom is -0.266 e. The molecule has 0 aromatic heterocycles. The number of nitrogens with zero attached hydrogens (tertiary/aromatic N) is 2. The summed E-state index contributed by atoms with van der Waals surface area (Å²) < 4.78 is 29.0. The van der Waals surface area contributed by atoms with E-state index in [9.17, 15) is 13.3 Å². The Kier molecular flexibility index (Phi) is 3.70. The summed E-state index contributed by atoms with van der Waals surface area (Å²) in [7, 11) is -3.75. The number of allylic oxidation sites excluding steroid dienone is 1. The summed E-state index contributed by atoms with van der Waals surface area (Å²) in [5, 5.41) is 0.508. The number of sulfonamides is 1. The lowest BCUT2D eigenvalue weighted by Crippen LogP contribution is -2.30. The lowest BCUT2D eigenvalue weighted by atomic mass is 9.99. The van der Waals surface area contributed by atoms with Crippen LogP contribution in [0.2, 0.25) is 5.02 Å². The number of hydrogen-bond acceptors (Lipinski definition) is 3. The highest BCUT2D eigenvalue weighted by molar-refractivity contribution is 7.93. The van der Waals surface area contributed by atoms with Crippen LogP contribution in [0.3, 0.4) is 0 Å². The first kappa shape index (κ1) is 16.3. The summed E-state index contributed by atoms with van der Waals surface area (Å²) >= 11 is 6.07. The maximum atomic E-state index is 13.4. The molecule has 2 aliphatic heterocycles. The van der Waals surface area contributed by atoms with Crippen LogP contribution >= 0.6 is 11.6 Å². The van der Waals surface area contributed by atoms with E-state index in [-0.39, 0.29) is 11.4 Å². The maximum Gasteiger partial charge on any atom is 0.264 e. The molecule has 25 heavy (non-hydrogen) atoms. The van der Waals surface area contributed by atoms with Gasteiger partial charge in [0.1, 0.15) is 0 Å². The summed E-state index contributed by atoms with van der Waals surface area (Å²) in [5.41, 5.74) is 3.61. The molecule has 0 amide bonds. The number of rotatable bonds is 2. The molecule has 2 aliphatic rings. The second-order valence-corrected chi connectivity index (χ2v) is 8.54. The second kappa shape index (κ2) is 5.68. The fourth-order valence-electron chi connectivity index (χ4n) is 3.56. The molecule has 0 aliphatic carbocycles. The third-order valence-electron chi connectivity index (χ3n) is 4.64. The SMILES string of the molecule is CC1=C[N+](=O)Cc2cccc(S(=O)(=O)N3CCc4ccc(Cl)cc43)c21. The molecule has 0 spiro atoms. The Balaban J connectivity index is 1.88. The maximum absolute atomic E-state index is 13.4. The van der Waals surface area contributed by atoms with Gasteiger partial charge in [0.25, 0.3) is 10.0 Å². The fourth-order valence-corrected chi connectivity index (χ4v) is 5.52. The van der Waals surface area contributed by atoms with Crippen LogP contribution < -0.4 is 4.31 Å². The van der Waals surface area contributed by atoms with E-state index in [1.165, 1.54) is 10.5 Å². The largest absolute Gasteiger partial charge is 0.266 e. The molecule has 2 aromatic rings. The average molecular weight is 376 g/mol. The van der Waals surface area contributed by atoms with Crippen molar-refractivity contribution in [2.24, 2.45) is 0 Å². The van der Waals surface area contributed by atoms with Gasteiger partial charge in [-0.2, -0.15) is 0 Å². The van der Waals surface area contributed by atoms with E-state index in [1.807, 2.05) is 6.07 Å². The van der Waals surface area contributed by atoms with Gasteiger partial charge in [-0.15, -0.1) is 0 Å². The molecular weight excluding hydrogens is 360 g/mol. The van der Waals surface area contributed by atoms with Crippen molar-refractivity contribution in [2.75, 3.05) is 10.8 Å².